The average Bonchev–Trinajstić information content (AvgIpc) is 2.90. The van der Waals surface area contributed by atoms with Gasteiger partial charge in [-0.1, -0.05) is 22.9 Å². The fraction of sp³-hybridized carbons (Fsp3) is 0.125. The number of fused-ring (bicyclic) bond motifs is 1. The van der Waals surface area contributed by atoms with Gasteiger partial charge in [0, 0.05) is 5.02 Å². The summed E-state index contributed by atoms with van der Waals surface area (Å²) < 4.78 is 11.9. The largest absolute Gasteiger partial charge is 0.479 e. The minimum absolute atomic E-state index is 0.461. The number of aliphatic carboxylic acids is 1. The predicted octanol–water partition coefficient (Wildman–Crippen LogP) is 4.59. The van der Waals surface area contributed by atoms with Gasteiger partial charge in [-0.15, -0.1) is 0 Å². The van der Waals surface area contributed by atoms with Crippen molar-refractivity contribution in [2.45, 2.75) is 13.0 Å². The molecule has 0 radical (unpaired) electrons. The SMILES string of the molecule is C[C@H](Oc1ccc(Oc2nc3ccc(Cl)cc3s2)cc1)C(=O)O. The van der Waals surface area contributed by atoms with E-state index in [1.54, 1.807) is 30.3 Å². The van der Waals surface area contributed by atoms with E-state index in [1.807, 2.05) is 12.1 Å². The van der Waals surface area contributed by atoms with Crippen LogP contribution in [0.4, 0.5) is 0 Å². The summed E-state index contributed by atoms with van der Waals surface area (Å²) in [6.45, 7) is 1.47. The molecule has 0 saturated heterocycles. The molecule has 0 unspecified atom stereocenters. The number of nitrogens with zero attached hydrogens (tertiary/aromatic N) is 1. The average molecular weight is 350 g/mol. The van der Waals surface area contributed by atoms with Crippen LogP contribution >= 0.6 is 22.9 Å². The summed E-state index contributed by atoms with van der Waals surface area (Å²) in [7, 11) is 0. The number of hydrogen-bond acceptors (Lipinski definition) is 5. The van der Waals surface area contributed by atoms with Gasteiger partial charge in [0.2, 0.25) is 0 Å². The predicted molar refractivity (Wildman–Crippen MR) is 88.9 cm³/mol. The molecule has 23 heavy (non-hydrogen) atoms. The molecule has 2 aromatic carbocycles. The Kier molecular flexibility index (Phi) is 4.36. The van der Waals surface area contributed by atoms with Gasteiger partial charge >= 0.3 is 5.97 Å². The number of rotatable bonds is 5. The maximum Gasteiger partial charge on any atom is 0.344 e. The van der Waals surface area contributed by atoms with E-state index in [4.69, 9.17) is 26.2 Å². The van der Waals surface area contributed by atoms with Gasteiger partial charge in [0.1, 0.15) is 11.5 Å². The Balaban J connectivity index is 1.73. The molecule has 0 spiro atoms. The number of halogens is 1. The third kappa shape index (κ3) is 3.72. The summed E-state index contributed by atoms with van der Waals surface area (Å²) in [5, 5.41) is 9.98. The molecule has 3 rings (SSSR count). The highest BCUT2D eigenvalue weighted by atomic mass is 35.5. The van der Waals surface area contributed by atoms with Gasteiger partial charge in [0.15, 0.2) is 6.10 Å². The summed E-state index contributed by atoms with van der Waals surface area (Å²) in [6, 6.07) is 12.2. The lowest BCUT2D eigenvalue weighted by Crippen LogP contribution is -2.22. The third-order valence-corrected chi connectivity index (χ3v) is 4.15. The van der Waals surface area contributed by atoms with Crippen molar-refractivity contribution in [2.24, 2.45) is 0 Å². The van der Waals surface area contributed by atoms with Crippen LogP contribution in [-0.2, 0) is 4.79 Å². The highest BCUT2D eigenvalue weighted by molar-refractivity contribution is 7.20. The third-order valence-electron chi connectivity index (χ3n) is 3.02. The van der Waals surface area contributed by atoms with E-state index in [2.05, 4.69) is 4.98 Å². The number of carboxylic acids is 1. The van der Waals surface area contributed by atoms with Crippen LogP contribution in [0.5, 0.6) is 16.7 Å². The Bertz CT molecular complexity index is 847. The Morgan fingerprint density at radius 2 is 1.91 bits per heavy atom. The Hall–Kier alpha value is -2.31. The molecule has 0 saturated carbocycles. The van der Waals surface area contributed by atoms with Crippen molar-refractivity contribution in [1.82, 2.24) is 4.98 Å². The Labute approximate surface area is 141 Å². The molecule has 3 aromatic rings. The standard InChI is InChI=1S/C16H12ClNO4S/c1-9(15(19)20)21-11-3-5-12(6-4-11)22-16-18-13-7-2-10(17)8-14(13)23-16/h2-9H,1H3,(H,19,20)/t9-/m0/s1. The maximum atomic E-state index is 10.8. The number of carboxylic acid groups (broad SMARTS) is 1. The number of aromatic nitrogens is 1. The first-order chi connectivity index (χ1) is 11.0. The van der Waals surface area contributed by atoms with Crippen molar-refractivity contribution in [3.05, 3.63) is 47.5 Å². The van der Waals surface area contributed by atoms with E-state index in [9.17, 15) is 4.79 Å². The minimum Gasteiger partial charge on any atom is -0.479 e. The van der Waals surface area contributed by atoms with E-state index >= 15 is 0 Å². The molecular weight excluding hydrogens is 338 g/mol. The van der Waals surface area contributed by atoms with Gasteiger partial charge in [-0.2, -0.15) is 0 Å². The van der Waals surface area contributed by atoms with Crippen molar-refractivity contribution in [2.75, 3.05) is 0 Å². The highest BCUT2D eigenvalue weighted by Crippen LogP contribution is 2.33. The Morgan fingerprint density at radius 1 is 1.22 bits per heavy atom. The first-order valence-electron chi connectivity index (χ1n) is 6.75. The fourth-order valence-corrected chi connectivity index (χ4v) is 2.97. The quantitative estimate of drug-likeness (QED) is 0.729. The van der Waals surface area contributed by atoms with E-state index in [-0.39, 0.29) is 0 Å². The van der Waals surface area contributed by atoms with Crippen molar-refractivity contribution in [1.29, 1.82) is 0 Å². The maximum absolute atomic E-state index is 10.8. The lowest BCUT2D eigenvalue weighted by molar-refractivity contribution is -0.144. The molecule has 7 heteroatoms. The van der Waals surface area contributed by atoms with Crippen molar-refractivity contribution < 1.29 is 19.4 Å². The fourth-order valence-electron chi connectivity index (χ4n) is 1.86. The van der Waals surface area contributed by atoms with E-state index < -0.39 is 12.1 Å². The molecule has 0 fully saturated rings. The molecule has 118 valence electrons. The van der Waals surface area contributed by atoms with Gasteiger partial charge in [-0.3, -0.25) is 0 Å². The second-order valence-electron chi connectivity index (χ2n) is 4.76. The van der Waals surface area contributed by atoms with Crippen LogP contribution in [0, 0.1) is 0 Å². The van der Waals surface area contributed by atoms with Crippen molar-refractivity contribution >= 4 is 39.1 Å². The van der Waals surface area contributed by atoms with E-state index in [1.165, 1.54) is 18.3 Å². The molecule has 1 heterocycles. The lowest BCUT2D eigenvalue weighted by Gasteiger charge is -2.10. The van der Waals surface area contributed by atoms with Crippen molar-refractivity contribution in [3.8, 4) is 16.7 Å². The molecule has 0 bridgehead atoms. The van der Waals surface area contributed by atoms with Crippen LogP contribution in [0.25, 0.3) is 10.2 Å². The monoisotopic (exact) mass is 349 g/mol. The lowest BCUT2D eigenvalue weighted by atomic mass is 10.3. The number of carbonyl (C=O) groups is 1. The van der Waals surface area contributed by atoms with E-state index in [0.717, 1.165) is 10.2 Å². The van der Waals surface area contributed by atoms with Gasteiger partial charge in [0.05, 0.1) is 10.2 Å². The molecule has 1 N–H and O–H groups in total. The van der Waals surface area contributed by atoms with Gasteiger partial charge in [0.25, 0.3) is 5.19 Å². The molecule has 1 atom stereocenters. The number of ether oxygens (including phenoxy) is 2. The number of hydrogen-bond donors (Lipinski definition) is 1. The van der Waals surface area contributed by atoms with Gasteiger partial charge in [-0.25, -0.2) is 9.78 Å². The minimum atomic E-state index is -1.02. The zero-order valence-corrected chi connectivity index (χ0v) is 13.6. The van der Waals surface area contributed by atoms with E-state index in [0.29, 0.717) is 21.7 Å². The van der Waals surface area contributed by atoms with Crippen molar-refractivity contribution in [3.63, 3.8) is 0 Å². The second kappa shape index (κ2) is 6.44. The Morgan fingerprint density at radius 3 is 2.61 bits per heavy atom. The summed E-state index contributed by atoms with van der Waals surface area (Å²) in [6.07, 6.45) is -0.907. The molecule has 1 aromatic heterocycles. The zero-order chi connectivity index (χ0) is 16.4. The topological polar surface area (TPSA) is 68.7 Å². The second-order valence-corrected chi connectivity index (χ2v) is 6.19. The number of thiazole rings is 1. The summed E-state index contributed by atoms with van der Waals surface area (Å²) >= 11 is 7.35. The molecule has 0 aliphatic rings. The molecule has 0 aliphatic heterocycles. The van der Waals surface area contributed by atoms with Crippen LogP contribution in [0.15, 0.2) is 42.5 Å². The molecule has 5 nitrogen and oxygen atoms in total. The molecule has 0 aliphatic carbocycles. The summed E-state index contributed by atoms with van der Waals surface area (Å²) in [4.78, 5) is 15.1. The summed E-state index contributed by atoms with van der Waals surface area (Å²) in [5.74, 6) is 0.0345. The molecular formula is C16H12ClNO4S. The first kappa shape index (κ1) is 15.6. The van der Waals surface area contributed by atoms with Crippen LogP contribution < -0.4 is 9.47 Å². The highest BCUT2D eigenvalue weighted by Gasteiger charge is 2.12. The van der Waals surface area contributed by atoms with Gasteiger partial charge in [-0.05, 0) is 49.4 Å². The van der Waals surface area contributed by atoms with Gasteiger partial charge < -0.3 is 14.6 Å². The summed E-state index contributed by atoms with van der Waals surface area (Å²) in [5.41, 5.74) is 0.824. The molecule has 0 amide bonds. The van der Waals surface area contributed by atoms with Crippen LogP contribution in [0.2, 0.25) is 5.02 Å². The van der Waals surface area contributed by atoms with Crippen LogP contribution in [0.3, 0.4) is 0 Å². The normalized spacial score (nSPS) is 12.1. The van der Waals surface area contributed by atoms with Crippen LogP contribution in [-0.4, -0.2) is 22.2 Å². The smallest absolute Gasteiger partial charge is 0.344 e. The first-order valence-corrected chi connectivity index (χ1v) is 7.94. The number of benzene rings is 2. The zero-order valence-electron chi connectivity index (χ0n) is 12.0. The van der Waals surface area contributed by atoms with Crippen LogP contribution in [0.1, 0.15) is 6.92 Å².